The zero-order valence-electron chi connectivity index (χ0n) is 47.4. The third kappa shape index (κ3) is 22.5. The van der Waals surface area contributed by atoms with E-state index in [2.05, 4.69) is 52.2 Å². The minimum atomic E-state index is -1.61. The Labute approximate surface area is 481 Å². The van der Waals surface area contributed by atoms with Crippen molar-refractivity contribution >= 4 is 70.5 Å². The van der Waals surface area contributed by atoms with Crippen LogP contribution in [0.3, 0.4) is 0 Å². The van der Waals surface area contributed by atoms with Crippen LogP contribution in [-0.2, 0) is 76.7 Å². The molecule has 7 amide bonds. The summed E-state index contributed by atoms with van der Waals surface area (Å²) in [6.07, 6.45) is 4.98. The molecule has 3 aliphatic heterocycles. The molecule has 5 rings (SSSR count). The number of primary amides is 1. The number of nitrogens with zero attached hydrogens (tertiary/aromatic N) is 4. The molecule has 2 unspecified atom stereocenters. The number of aromatic amines is 1. The van der Waals surface area contributed by atoms with Gasteiger partial charge in [0.25, 0.3) is 0 Å². The molecule has 0 aliphatic carbocycles. The number of fused-ring (bicyclic) bond motifs is 3. The van der Waals surface area contributed by atoms with E-state index in [-0.39, 0.29) is 82.6 Å². The maximum absolute atomic E-state index is 14.2. The number of carbonyl (C=O) groups is 10. The number of hydrogen-bond donors (Lipinski definition) is 10. The van der Waals surface area contributed by atoms with Crippen LogP contribution in [-0.4, -0.2) is 193 Å². The van der Waals surface area contributed by atoms with E-state index in [4.69, 9.17) is 19.9 Å². The highest BCUT2D eigenvalue weighted by atomic mass is 32.2. The predicted octanol–water partition coefficient (Wildman–Crippen LogP) is -0.705. The van der Waals surface area contributed by atoms with Gasteiger partial charge in [-0.25, -0.2) is 9.78 Å². The molecular weight excluding hydrogens is 1090 g/mol. The van der Waals surface area contributed by atoms with Gasteiger partial charge in [0.05, 0.1) is 93.1 Å². The molecule has 2 saturated heterocycles. The summed E-state index contributed by atoms with van der Waals surface area (Å²) in [5.74, 6) is -8.94. The molecule has 2 fully saturated rings. The average molecular weight is 1170 g/mol. The molecular formula is C54H84N12O15S. The number of hydrogen-bond acceptors (Lipinski definition) is 19. The van der Waals surface area contributed by atoms with Crippen LogP contribution < -0.4 is 37.6 Å². The summed E-state index contributed by atoms with van der Waals surface area (Å²) in [5, 5.41) is 46.7. The fourth-order valence-corrected chi connectivity index (χ4v) is 11.6. The third-order valence-corrected chi connectivity index (χ3v) is 16.1. The highest BCUT2D eigenvalue weighted by Gasteiger charge is 2.43. The summed E-state index contributed by atoms with van der Waals surface area (Å²) in [7, 11) is 0. The number of unbranched alkanes of at least 4 members (excludes halogenated alkanes) is 1. The van der Waals surface area contributed by atoms with Gasteiger partial charge in [-0.1, -0.05) is 25.5 Å². The fraction of sp³-hybridized carbons (Fsp3) is 0.722. The number of urea groups is 1. The summed E-state index contributed by atoms with van der Waals surface area (Å²) in [4.78, 5) is 140. The highest BCUT2D eigenvalue weighted by Crippen LogP contribution is 2.33. The molecule has 27 nitrogen and oxygen atoms in total. The monoisotopic (exact) mass is 1170 g/mol. The molecule has 2 aromatic rings. The number of carbonyl (C=O) groups excluding carboxylic acids is 10. The lowest BCUT2D eigenvalue weighted by atomic mass is 9.87. The third-order valence-electron chi connectivity index (χ3n) is 14.6. The number of thioether (sulfide) groups is 1. The second kappa shape index (κ2) is 34.4. The van der Waals surface area contributed by atoms with Crippen LogP contribution in [0.25, 0.3) is 0 Å². The number of amides is 7. The molecule has 0 radical (unpaired) electrons. The summed E-state index contributed by atoms with van der Waals surface area (Å²) in [6, 6.07) is -3.67. The molecule has 0 saturated carbocycles. The first-order valence-electron chi connectivity index (χ1n) is 28.4. The van der Waals surface area contributed by atoms with Crippen molar-refractivity contribution in [2.45, 2.75) is 172 Å². The number of rotatable bonds is 25. The van der Waals surface area contributed by atoms with Crippen molar-refractivity contribution < 1.29 is 72.4 Å². The van der Waals surface area contributed by atoms with Crippen LogP contribution in [0.1, 0.15) is 116 Å². The lowest BCUT2D eigenvalue weighted by Crippen LogP contribution is -2.53. The Kier molecular flexibility index (Phi) is 28.0. The first kappa shape index (κ1) is 66.6. The van der Waals surface area contributed by atoms with Gasteiger partial charge in [-0.05, 0) is 58.3 Å². The van der Waals surface area contributed by atoms with E-state index in [0.29, 0.717) is 55.3 Å². The molecule has 11 N–H and O–H groups in total. The van der Waals surface area contributed by atoms with Crippen molar-refractivity contribution in [3.05, 3.63) is 30.1 Å². The quantitative estimate of drug-likeness (QED) is 0.0434. The van der Waals surface area contributed by atoms with Crippen LogP contribution in [0.5, 0.6) is 0 Å². The Balaban J connectivity index is 1.15. The molecule has 11 atom stereocenters. The zero-order chi connectivity index (χ0) is 59.7. The van der Waals surface area contributed by atoms with E-state index >= 15 is 0 Å². The van der Waals surface area contributed by atoms with Crippen LogP contribution in [0, 0.1) is 23.7 Å². The van der Waals surface area contributed by atoms with Gasteiger partial charge in [0.15, 0.2) is 17.3 Å². The SMILES string of the molecule is CC(O)[C@H]1CC(=O)[C@@H](C(C)O)NC(=O)[C@@H](CC(=O)COCCOCCOCCCC(=O)CCCC[C@H]2SC[C@H]3NC(=O)N[C@H]32)Cc2cn(nn2)CCCC[C@@H](C(N)=O)NC(=O)CNC(=O)[C@@H](Cc2cnc[nH]2)CC(=O)[C@@H](C(C)C)NC1=O. The van der Waals surface area contributed by atoms with Gasteiger partial charge < -0.3 is 67.0 Å². The van der Waals surface area contributed by atoms with Crippen LogP contribution in [0.2, 0.25) is 0 Å². The normalized spacial score (nSPS) is 25.6. The van der Waals surface area contributed by atoms with Crippen molar-refractivity contribution in [2.24, 2.45) is 29.4 Å². The Hall–Kier alpha value is -6.20. The average Bonchev–Trinajstić information content (AvgIpc) is 4.38. The topological polar surface area (TPSA) is 396 Å². The summed E-state index contributed by atoms with van der Waals surface area (Å²) < 4.78 is 18.3. The lowest BCUT2D eigenvalue weighted by Gasteiger charge is -2.28. The molecule has 3 aliphatic rings. The Morgan fingerprint density at radius 3 is 2.17 bits per heavy atom. The van der Waals surface area contributed by atoms with Gasteiger partial charge >= 0.3 is 6.03 Å². The smallest absolute Gasteiger partial charge is 0.315 e. The molecule has 82 heavy (non-hydrogen) atoms. The van der Waals surface area contributed by atoms with Crippen LogP contribution in [0.15, 0.2) is 18.7 Å². The Morgan fingerprint density at radius 1 is 0.768 bits per heavy atom. The van der Waals surface area contributed by atoms with E-state index < -0.39 is 127 Å². The highest BCUT2D eigenvalue weighted by molar-refractivity contribution is 8.00. The number of aromatic nitrogens is 5. The number of aliphatic hydroxyl groups excluding tert-OH is 2. The van der Waals surface area contributed by atoms with Gasteiger partial charge in [-0.15, -0.1) is 5.10 Å². The van der Waals surface area contributed by atoms with E-state index in [9.17, 15) is 58.2 Å². The van der Waals surface area contributed by atoms with Crippen molar-refractivity contribution in [2.75, 3.05) is 51.9 Å². The predicted molar refractivity (Wildman–Crippen MR) is 296 cm³/mol. The van der Waals surface area contributed by atoms with E-state index in [1.54, 1.807) is 20.0 Å². The fourth-order valence-electron chi connectivity index (χ4n) is 10.0. The summed E-state index contributed by atoms with van der Waals surface area (Å²) >= 11 is 1.86. The van der Waals surface area contributed by atoms with E-state index in [1.807, 2.05) is 11.8 Å². The second-order valence-electron chi connectivity index (χ2n) is 21.8. The minimum Gasteiger partial charge on any atom is -0.393 e. The Morgan fingerprint density at radius 2 is 1.48 bits per heavy atom. The van der Waals surface area contributed by atoms with Crippen LogP contribution in [0.4, 0.5) is 4.79 Å². The molecule has 2 bridgehead atoms. The summed E-state index contributed by atoms with van der Waals surface area (Å²) in [5.41, 5.74) is 6.43. The number of nitrogens with one attached hydrogen (secondary N) is 7. The summed E-state index contributed by atoms with van der Waals surface area (Å²) in [6.45, 7) is 6.27. The molecule has 0 spiro atoms. The van der Waals surface area contributed by atoms with Gasteiger partial charge in [-0.3, -0.25) is 47.8 Å². The zero-order valence-corrected chi connectivity index (χ0v) is 48.2. The molecule has 5 heterocycles. The number of nitrogens with two attached hydrogens (primary N) is 1. The number of H-pyrrole nitrogens is 1. The number of Topliss-reactive ketones (excluding diaryl/α,β-unsaturated/α-hetero) is 4. The number of imidazole rings is 1. The Bertz CT molecular complexity index is 2440. The minimum absolute atomic E-state index is 0.0112. The maximum Gasteiger partial charge on any atom is 0.315 e. The maximum atomic E-state index is 14.2. The van der Waals surface area contributed by atoms with Gasteiger partial charge in [0.2, 0.25) is 29.5 Å². The van der Waals surface area contributed by atoms with Crippen LogP contribution >= 0.6 is 11.8 Å². The van der Waals surface area contributed by atoms with Crippen molar-refractivity contribution in [3.63, 3.8) is 0 Å². The number of ketones is 4. The van der Waals surface area contributed by atoms with Gasteiger partial charge in [0.1, 0.15) is 24.5 Å². The number of aliphatic hydroxyl groups is 2. The standard InChI is InChI=1S/C54H84N12O15S/c1-31(2)47-43(71)23-35(20-36-25-56-30-58-36)51(75)57-26-46(73)59-41(50(55)74)12-7-8-14-66-27-37(64-65-66)21-34(52(76)62-48(33(4)68)44(72)24-40(32(3)67)53(77)61-47)22-39(70)28-81-19-18-80-17-16-79-15-9-11-38(69)10-5-6-13-45-49-42(29-82-45)60-54(78)63-49/h25,27,30-35,40-42,45,47-49,67-68H,5-24,26,28-29H2,1-4H3,(H2,55,74)(H,56,58)(H,57,75)(H,59,73)(H,61,77)(H,62,76)(H2,60,63,78)/t32?,33?,34-,35+,40-,41+,42-,45-,47-,48-,49-/m1/s1. The molecule has 456 valence electrons. The molecule has 28 heteroatoms. The van der Waals surface area contributed by atoms with E-state index in [1.165, 1.54) is 31.1 Å². The first-order valence-corrected chi connectivity index (χ1v) is 29.4. The van der Waals surface area contributed by atoms with Gasteiger partial charge in [-0.2, -0.15) is 11.8 Å². The lowest BCUT2D eigenvalue weighted by molar-refractivity contribution is -0.139. The number of aryl methyl sites for hydroxylation is 1. The first-order chi connectivity index (χ1) is 39.2. The van der Waals surface area contributed by atoms with E-state index in [0.717, 1.165) is 25.0 Å². The van der Waals surface area contributed by atoms with Crippen molar-refractivity contribution in [1.29, 1.82) is 0 Å². The molecule has 2 aromatic heterocycles. The van der Waals surface area contributed by atoms with Crippen molar-refractivity contribution in [3.8, 4) is 0 Å². The van der Waals surface area contributed by atoms with Crippen molar-refractivity contribution in [1.82, 2.24) is 56.9 Å². The molecule has 0 aromatic carbocycles. The largest absolute Gasteiger partial charge is 0.393 e. The van der Waals surface area contributed by atoms with Gasteiger partial charge in [0, 0.05) is 87.2 Å². The second-order valence-corrected chi connectivity index (χ2v) is 23.0. The number of ether oxygens (including phenoxy) is 3.